The minimum absolute atomic E-state index is 0.376. The van der Waals surface area contributed by atoms with Gasteiger partial charge in [0, 0.05) is 24.7 Å². The van der Waals surface area contributed by atoms with Crippen molar-refractivity contribution in [2.24, 2.45) is 10.8 Å². The van der Waals surface area contributed by atoms with Crippen molar-refractivity contribution in [3.05, 3.63) is 23.8 Å². The van der Waals surface area contributed by atoms with Crippen molar-refractivity contribution in [2.75, 3.05) is 18.5 Å². The zero-order valence-electron chi connectivity index (χ0n) is 12.3. The molecular formula is C16H24N2O. The Morgan fingerprint density at radius 1 is 1.26 bits per heavy atom. The molecule has 0 saturated heterocycles. The molecule has 104 valence electrons. The lowest BCUT2D eigenvalue weighted by Gasteiger charge is -2.22. The van der Waals surface area contributed by atoms with Crippen LogP contribution in [0.25, 0.3) is 0 Å². The number of nitrogens with one attached hydrogen (secondary N) is 2. The van der Waals surface area contributed by atoms with Crippen molar-refractivity contribution >= 4 is 5.69 Å². The van der Waals surface area contributed by atoms with Gasteiger partial charge in [-0.1, -0.05) is 39.8 Å². The normalized spacial score (nSPS) is 23.2. The summed E-state index contributed by atoms with van der Waals surface area (Å²) in [5, 5.41) is 7.08. The van der Waals surface area contributed by atoms with Crippen LogP contribution < -0.4 is 15.4 Å². The molecule has 0 aromatic heterocycles. The number of para-hydroxylation sites is 1. The summed E-state index contributed by atoms with van der Waals surface area (Å²) < 4.78 is 5.81. The largest absolute Gasteiger partial charge is 0.489 e. The Balaban J connectivity index is 1.72. The molecule has 1 aliphatic carbocycles. The topological polar surface area (TPSA) is 33.3 Å². The van der Waals surface area contributed by atoms with E-state index in [4.69, 9.17) is 4.74 Å². The number of hydrogen-bond acceptors (Lipinski definition) is 3. The van der Waals surface area contributed by atoms with E-state index in [1.807, 2.05) is 0 Å². The lowest BCUT2D eigenvalue weighted by atomic mass is 10.0. The maximum Gasteiger partial charge on any atom is 0.146 e. The van der Waals surface area contributed by atoms with E-state index < -0.39 is 0 Å². The molecule has 2 aliphatic rings. The van der Waals surface area contributed by atoms with Crippen LogP contribution in [-0.2, 0) is 6.54 Å². The van der Waals surface area contributed by atoms with Crippen LogP contribution in [0.2, 0.25) is 0 Å². The van der Waals surface area contributed by atoms with E-state index in [-0.39, 0.29) is 0 Å². The first-order valence-electron chi connectivity index (χ1n) is 7.16. The first-order valence-corrected chi connectivity index (χ1v) is 7.16. The summed E-state index contributed by atoms with van der Waals surface area (Å²) in [5.74, 6) is 1.03. The minimum atomic E-state index is 0.376. The number of ether oxygens (including phenoxy) is 1. The van der Waals surface area contributed by atoms with E-state index in [0.29, 0.717) is 16.9 Å². The summed E-state index contributed by atoms with van der Waals surface area (Å²) in [4.78, 5) is 0. The second-order valence-electron chi connectivity index (χ2n) is 6.83. The molecule has 0 atom stereocenters. The summed E-state index contributed by atoms with van der Waals surface area (Å²) in [6, 6.07) is 6.91. The predicted molar refractivity (Wildman–Crippen MR) is 78.6 cm³/mol. The van der Waals surface area contributed by atoms with Crippen molar-refractivity contribution in [1.29, 1.82) is 0 Å². The second-order valence-corrected chi connectivity index (χ2v) is 6.83. The van der Waals surface area contributed by atoms with Gasteiger partial charge in [-0.25, -0.2) is 0 Å². The van der Waals surface area contributed by atoms with Gasteiger partial charge in [0.1, 0.15) is 12.4 Å². The van der Waals surface area contributed by atoms with Crippen molar-refractivity contribution in [3.63, 3.8) is 0 Å². The van der Waals surface area contributed by atoms with Crippen LogP contribution >= 0.6 is 0 Å². The van der Waals surface area contributed by atoms with E-state index in [1.165, 1.54) is 5.56 Å². The molecular weight excluding hydrogens is 236 g/mol. The van der Waals surface area contributed by atoms with Gasteiger partial charge in [0.05, 0.1) is 5.69 Å². The predicted octanol–water partition coefficient (Wildman–Crippen LogP) is 3.02. The average Bonchev–Trinajstić information content (AvgIpc) is 2.77. The molecule has 1 aromatic rings. The molecule has 3 rings (SSSR count). The highest BCUT2D eigenvalue weighted by molar-refractivity contribution is 5.61. The van der Waals surface area contributed by atoms with E-state index in [0.717, 1.165) is 31.1 Å². The van der Waals surface area contributed by atoms with E-state index >= 15 is 0 Å². The van der Waals surface area contributed by atoms with Gasteiger partial charge in [-0.05, 0) is 16.9 Å². The van der Waals surface area contributed by atoms with Crippen LogP contribution in [0.3, 0.4) is 0 Å². The molecule has 19 heavy (non-hydrogen) atoms. The fraction of sp³-hybridized carbons (Fsp3) is 0.625. The van der Waals surface area contributed by atoms with E-state index in [1.54, 1.807) is 0 Å². The molecule has 0 radical (unpaired) electrons. The third kappa shape index (κ3) is 1.91. The molecule has 1 saturated carbocycles. The van der Waals surface area contributed by atoms with E-state index in [2.05, 4.69) is 56.5 Å². The summed E-state index contributed by atoms with van der Waals surface area (Å²) >= 11 is 0. The number of rotatable bonds is 3. The van der Waals surface area contributed by atoms with Crippen LogP contribution in [0.1, 0.15) is 33.3 Å². The van der Waals surface area contributed by atoms with Gasteiger partial charge in [0.25, 0.3) is 0 Å². The van der Waals surface area contributed by atoms with Crippen LogP contribution in [0, 0.1) is 10.8 Å². The third-order valence-corrected chi connectivity index (χ3v) is 5.28. The van der Waals surface area contributed by atoms with Crippen molar-refractivity contribution in [1.82, 2.24) is 5.32 Å². The molecule has 1 fully saturated rings. The van der Waals surface area contributed by atoms with Crippen molar-refractivity contribution < 1.29 is 4.74 Å². The Morgan fingerprint density at radius 2 is 2.00 bits per heavy atom. The zero-order valence-corrected chi connectivity index (χ0v) is 12.3. The maximum absolute atomic E-state index is 5.81. The van der Waals surface area contributed by atoms with Crippen LogP contribution in [0.5, 0.6) is 5.75 Å². The number of anilines is 1. The molecule has 0 amide bonds. The summed E-state index contributed by atoms with van der Waals surface area (Å²) in [6.07, 6.45) is 0. The fourth-order valence-electron chi connectivity index (χ4n) is 3.29. The van der Waals surface area contributed by atoms with Crippen LogP contribution in [0.4, 0.5) is 5.69 Å². The molecule has 1 aliphatic heterocycles. The SMILES string of the molecule is CC1(C)C(NCc2cccc3c2OCCN3)C1(C)C. The Labute approximate surface area is 115 Å². The molecule has 0 bridgehead atoms. The quantitative estimate of drug-likeness (QED) is 0.876. The Kier molecular flexibility index (Phi) is 2.79. The molecule has 0 unspecified atom stereocenters. The summed E-state index contributed by atoms with van der Waals surface area (Å²) in [5.41, 5.74) is 3.13. The van der Waals surface area contributed by atoms with Crippen LogP contribution in [0.15, 0.2) is 18.2 Å². The smallest absolute Gasteiger partial charge is 0.146 e. The molecule has 2 N–H and O–H groups in total. The number of hydrogen-bond donors (Lipinski definition) is 2. The number of benzene rings is 1. The Bertz CT molecular complexity index is 480. The van der Waals surface area contributed by atoms with Crippen molar-refractivity contribution in [2.45, 2.75) is 40.3 Å². The zero-order chi connectivity index (χ0) is 13.7. The highest BCUT2D eigenvalue weighted by atomic mass is 16.5. The molecule has 3 nitrogen and oxygen atoms in total. The highest BCUT2D eigenvalue weighted by Gasteiger charge is 2.64. The molecule has 0 spiro atoms. The second kappa shape index (κ2) is 4.14. The molecule has 1 aromatic carbocycles. The van der Waals surface area contributed by atoms with Gasteiger partial charge in [0.15, 0.2) is 0 Å². The maximum atomic E-state index is 5.81. The third-order valence-electron chi connectivity index (χ3n) is 5.28. The lowest BCUT2D eigenvalue weighted by Crippen LogP contribution is -2.24. The number of fused-ring (bicyclic) bond motifs is 1. The first-order chi connectivity index (χ1) is 8.94. The van der Waals surface area contributed by atoms with Gasteiger partial charge in [-0.2, -0.15) is 0 Å². The lowest BCUT2D eigenvalue weighted by molar-refractivity contribution is 0.318. The minimum Gasteiger partial charge on any atom is -0.489 e. The molecule has 3 heteroatoms. The van der Waals surface area contributed by atoms with E-state index in [9.17, 15) is 0 Å². The fourth-order valence-corrected chi connectivity index (χ4v) is 3.29. The monoisotopic (exact) mass is 260 g/mol. The standard InChI is InChI=1S/C16H24N2O/c1-15(2)14(16(15,3)4)18-10-11-6-5-7-12-13(11)19-9-8-17-12/h5-7,14,17-18H,8-10H2,1-4H3. The Hall–Kier alpha value is -1.22. The van der Waals surface area contributed by atoms with Crippen LogP contribution in [-0.4, -0.2) is 19.2 Å². The van der Waals surface area contributed by atoms with Crippen molar-refractivity contribution in [3.8, 4) is 5.75 Å². The van der Waals surface area contributed by atoms with Gasteiger partial charge < -0.3 is 15.4 Å². The first kappa shape index (κ1) is 12.8. The average molecular weight is 260 g/mol. The van der Waals surface area contributed by atoms with Gasteiger partial charge in [0.2, 0.25) is 0 Å². The summed E-state index contributed by atoms with van der Waals surface area (Å²) in [6.45, 7) is 11.9. The van der Waals surface area contributed by atoms with Gasteiger partial charge >= 0.3 is 0 Å². The molecule has 1 heterocycles. The Morgan fingerprint density at radius 3 is 2.68 bits per heavy atom. The summed E-state index contributed by atoms with van der Waals surface area (Å²) in [7, 11) is 0. The van der Waals surface area contributed by atoms with Gasteiger partial charge in [-0.3, -0.25) is 0 Å². The highest BCUT2D eigenvalue weighted by Crippen LogP contribution is 2.62. The van der Waals surface area contributed by atoms with Gasteiger partial charge in [-0.15, -0.1) is 0 Å².